The van der Waals surface area contributed by atoms with Gasteiger partial charge in [-0.05, 0) is 50.2 Å². The number of nitrogens with one attached hydrogen (secondary N) is 1. The van der Waals surface area contributed by atoms with E-state index in [0.717, 1.165) is 36.1 Å². The molecule has 2 fully saturated rings. The van der Waals surface area contributed by atoms with Gasteiger partial charge in [-0.3, -0.25) is 4.90 Å². The van der Waals surface area contributed by atoms with Crippen LogP contribution >= 0.6 is 15.9 Å². The van der Waals surface area contributed by atoms with E-state index >= 15 is 0 Å². The standard InChI is InChI=1S/C13H15BrN2O2/c14-10-1-3-11(4-2-10)16-12(17)18-9-13(16)5-7-15-8-6-13/h1-4,15H,5-9H2. The van der Waals surface area contributed by atoms with Gasteiger partial charge in [0.05, 0.1) is 5.54 Å². The van der Waals surface area contributed by atoms with E-state index in [1.807, 2.05) is 29.2 Å². The summed E-state index contributed by atoms with van der Waals surface area (Å²) in [5, 5.41) is 3.33. The van der Waals surface area contributed by atoms with Gasteiger partial charge in [-0.2, -0.15) is 0 Å². The van der Waals surface area contributed by atoms with Gasteiger partial charge < -0.3 is 10.1 Å². The molecule has 1 aromatic carbocycles. The van der Waals surface area contributed by atoms with E-state index in [4.69, 9.17) is 4.74 Å². The van der Waals surface area contributed by atoms with Crippen LogP contribution in [0.25, 0.3) is 0 Å². The number of nitrogens with zero attached hydrogens (tertiary/aromatic N) is 1. The molecule has 0 aromatic heterocycles. The number of benzene rings is 1. The zero-order chi connectivity index (χ0) is 12.6. The van der Waals surface area contributed by atoms with Crippen LogP contribution in [0.15, 0.2) is 28.7 Å². The molecule has 0 radical (unpaired) electrons. The molecule has 4 nitrogen and oxygen atoms in total. The lowest BCUT2D eigenvalue weighted by Crippen LogP contribution is -2.53. The highest BCUT2D eigenvalue weighted by Crippen LogP contribution is 2.37. The first kappa shape index (κ1) is 12.0. The zero-order valence-corrected chi connectivity index (χ0v) is 11.6. The molecule has 1 amide bonds. The molecule has 5 heteroatoms. The van der Waals surface area contributed by atoms with E-state index in [1.165, 1.54) is 0 Å². The average molecular weight is 311 g/mol. The van der Waals surface area contributed by atoms with Gasteiger partial charge in [-0.1, -0.05) is 15.9 Å². The molecular formula is C13H15BrN2O2. The van der Waals surface area contributed by atoms with Gasteiger partial charge >= 0.3 is 6.09 Å². The second kappa shape index (κ2) is 4.55. The molecule has 2 heterocycles. The van der Waals surface area contributed by atoms with E-state index < -0.39 is 0 Å². The molecule has 1 N–H and O–H groups in total. The van der Waals surface area contributed by atoms with Crippen LogP contribution in [0.5, 0.6) is 0 Å². The first-order valence-corrected chi connectivity index (χ1v) is 6.94. The number of piperidine rings is 1. The van der Waals surface area contributed by atoms with E-state index in [0.29, 0.717) is 6.61 Å². The monoisotopic (exact) mass is 310 g/mol. The first-order chi connectivity index (χ1) is 8.71. The maximum Gasteiger partial charge on any atom is 0.415 e. The Bertz CT molecular complexity index is 455. The summed E-state index contributed by atoms with van der Waals surface area (Å²) < 4.78 is 6.30. The molecular weight excluding hydrogens is 296 g/mol. The number of amides is 1. The summed E-state index contributed by atoms with van der Waals surface area (Å²) in [4.78, 5) is 13.8. The van der Waals surface area contributed by atoms with Crippen molar-refractivity contribution < 1.29 is 9.53 Å². The Kier molecular flexibility index (Phi) is 3.03. The van der Waals surface area contributed by atoms with Crippen molar-refractivity contribution in [1.29, 1.82) is 0 Å². The number of carbonyl (C=O) groups excluding carboxylic acids is 1. The third kappa shape index (κ3) is 1.91. The van der Waals surface area contributed by atoms with Crippen LogP contribution in [-0.2, 0) is 4.74 Å². The summed E-state index contributed by atoms with van der Waals surface area (Å²) in [7, 11) is 0. The van der Waals surface area contributed by atoms with Gasteiger partial charge in [0, 0.05) is 10.2 Å². The summed E-state index contributed by atoms with van der Waals surface area (Å²) in [6.07, 6.45) is 1.66. The molecule has 0 bridgehead atoms. The van der Waals surface area contributed by atoms with Gasteiger partial charge in [0.1, 0.15) is 6.61 Å². The summed E-state index contributed by atoms with van der Waals surface area (Å²) in [6, 6.07) is 7.83. The van der Waals surface area contributed by atoms with Gasteiger partial charge in [-0.25, -0.2) is 4.79 Å². The minimum Gasteiger partial charge on any atom is -0.447 e. The maximum atomic E-state index is 12.0. The summed E-state index contributed by atoms with van der Waals surface area (Å²) in [5.74, 6) is 0. The predicted molar refractivity (Wildman–Crippen MR) is 72.8 cm³/mol. The Labute approximate surface area is 114 Å². The normalized spacial score (nSPS) is 22.3. The number of hydrogen-bond acceptors (Lipinski definition) is 3. The minimum atomic E-state index is -0.223. The van der Waals surface area contributed by atoms with Gasteiger partial charge in [0.2, 0.25) is 0 Å². The molecule has 2 aliphatic rings. The van der Waals surface area contributed by atoms with E-state index in [1.54, 1.807) is 0 Å². The molecule has 0 aliphatic carbocycles. The number of hydrogen-bond donors (Lipinski definition) is 1. The largest absolute Gasteiger partial charge is 0.447 e. The van der Waals surface area contributed by atoms with E-state index in [9.17, 15) is 4.79 Å². The van der Waals surface area contributed by atoms with Crippen LogP contribution in [0.2, 0.25) is 0 Å². The average Bonchev–Trinajstić information content (AvgIpc) is 2.69. The summed E-state index contributed by atoms with van der Waals surface area (Å²) in [6.45, 7) is 2.37. The van der Waals surface area contributed by atoms with Crippen LogP contribution < -0.4 is 10.2 Å². The molecule has 0 unspecified atom stereocenters. The number of carbonyl (C=O) groups is 1. The lowest BCUT2D eigenvalue weighted by Gasteiger charge is -2.38. The smallest absolute Gasteiger partial charge is 0.415 e. The van der Waals surface area contributed by atoms with Crippen molar-refractivity contribution in [3.63, 3.8) is 0 Å². The quantitative estimate of drug-likeness (QED) is 0.866. The molecule has 2 aliphatic heterocycles. The zero-order valence-electron chi connectivity index (χ0n) is 9.99. The summed E-state index contributed by atoms with van der Waals surface area (Å²) >= 11 is 3.41. The highest BCUT2D eigenvalue weighted by atomic mass is 79.9. The fraction of sp³-hybridized carbons (Fsp3) is 0.462. The number of cyclic esters (lactones) is 1. The third-order valence-corrected chi connectivity index (χ3v) is 4.27. The van der Waals surface area contributed by atoms with Crippen molar-refractivity contribution in [2.45, 2.75) is 18.4 Å². The third-order valence-electron chi connectivity index (χ3n) is 3.74. The molecule has 3 rings (SSSR count). The Hall–Kier alpha value is -1.07. The fourth-order valence-corrected chi connectivity index (χ4v) is 3.01. The van der Waals surface area contributed by atoms with Crippen LogP contribution in [0, 0.1) is 0 Å². The van der Waals surface area contributed by atoms with Crippen LogP contribution in [0.4, 0.5) is 10.5 Å². The fourth-order valence-electron chi connectivity index (χ4n) is 2.75. The van der Waals surface area contributed by atoms with Crippen LogP contribution in [0.3, 0.4) is 0 Å². The van der Waals surface area contributed by atoms with E-state index in [-0.39, 0.29) is 11.6 Å². The highest BCUT2D eigenvalue weighted by Gasteiger charge is 2.48. The highest BCUT2D eigenvalue weighted by molar-refractivity contribution is 9.10. The second-order valence-electron chi connectivity index (χ2n) is 4.84. The molecule has 0 saturated carbocycles. The SMILES string of the molecule is O=C1OCC2(CCNCC2)N1c1ccc(Br)cc1. The number of ether oxygens (including phenoxy) is 1. The molecule has 1 spiro atoms. The number of halogens is 1. The van der Waals surface area contributed by atoms with Crippen molar-refractivity contribution in [3.8, 4) is 0 Å². The number of rotatable bonds is 1. The molecule has 96 valence electrons. The minimum absolute atomic E-state index is 0.157. The van der Waals surface area contributed by atoms with Crippen molar-refractivity contribution in [2.75, 3.05) is 24.6 Å². The van der Waals surface area contributed by atoms with Gasteiger partial charge in [0.15, 0.2) is 0 Å². The Balaban J connectivity index is 1.96. The predicted octanol–water partition coefficient (Wildman–Crippen LogP) is 2.53. The van der Waals surface area contributed by atoms with Crippen LogP contribution in [0.1, 0.15) is 12.8 Å². The Morgan fingerprint density at radius 2 is 1.89 bits per heavy atom. The molecule has 0 atom stereocenters. The van der Waals surface area contributed by atoms with Crippen molar-refractivity contribution in [2.24, 2.45) is 0 Å². The topological polar surface area (TPSA) is 41.6 Å². The lowest BCUT2D eigenvalue weighted by atomic mass is 9.88. The molecule has 1 aromatic rings. The molecule has 18 heavy (non-hydrogen) atoms. The number of anilines is 1. The van der Waals surface area contributed by atoms with Gasteiger partial charge in [0.25, 0.3) is 0 Å². The first-order valence-electron chi connectivity index (χ1n) is 6.15. The second-order valence-corrected chi connectivity index (χ2v) is 5.76. The molecule has 2 saturated heterocycles. The Morgan fingerprint density at radius 3 is 2.56 bits per heavy atom. The van der Waals surface area contributed by atoms with Crippen molar-refractivity contribution in [1.82, 2.24) is 5.32 Å². The van der Waals surface area contributed by atoms with Crippen molar-refractivity contribution in [3.05, 3.63) is 28.7 Å². The van der Waals surface area contributed by atoms with Gasteiger partial charge in [-0.15, -0.1) is 0 Å². The Morgan fingerprint density at radius 1 is 1.22 bits per heavy atom. The van der Waals surface area contributed by atoms with Crippen molar-refractivity contribution >= 4 is 27.7 Å². The summed E-state index contributed by atoms with van der Waals surface area (Å²) in [5.41, 5.74) is 0.762. The van der Waals surface area contributed by atoms with Crippen LogP contribution in [-0.4, -0.2) is 31.3 Å². The maximum absolute atomic E-state index is 12.0. The van der Waals surface area contributed by atoms with E-state index in [2.05, 4.69) is 21.2 Å². The lowest BCUT2D eigenvalue weighted by molar-refractivity contribution is 0.167.